The van der Waals surface area contributed by atoms with Gasteiger partial charge in [0.2, 0.25) is 0 Å². The fraction of sp³-hybridized carbons (Fsp3) is 0.462. The van der Waals surface area contributed by atoms with Gasteiger partial charge in [-0.1, -0.05) is 6.07 Å². The van der Waals surface area contributed by atoms with Crippen LogP contribution in [0.2, 0.25) is 0 Å². The molecule has 8 heteroatoms. The predicted molar refractivity (Wildman–Crippen MR) is 83.5 cm³/mol. The fourth-order valence-electron chi connectivity index (χ4n) is 1.52. The van der Waals surface area contributed by atoms with E-state index in [-0.39, 0.29) is 5.69 Å². The lowest BCUT2D eigenvalue weighted by Gasteiger charge is -2.19. The number of nitrogens with zero attached hydrogens (tertiary/aromatic N) is 1. The van der Waals surface area contributed by atoms with E-state index in [9.17, 15) is 14.9 Å². The third kappa shape index (κ3) is 5.99. The molecule has 0 saturated carbocycles. The predicted octanol–water partition coefficient (Wildman–Crippen LogP) is 3.29. The number of alkyl carbamates (subject to hydrolysis) is 1. The molecule has 1 rings (SSSR count). The maximum atomic E-state index is 11.4. The number of benzene rings is 1. The SMILES string of the molecule is CC(C)(C)OC(=O)NCCNc1cccc(Br)c1[N+](=O)[O-]. The van der Waals surface area contributed by atoms with Crippen LogP contribution >= 0.6 is 15.9 Å². The van der Waals surface area contributed by atoms with Crippen molar-refractivity contribution in [2.75, 3.05) is 18.4 Å². The molecule has 1 aromatic carbocycles. The van der Waals surface area contributed by atoms with E-state index in [1.54, 1.807) is 39.0 Å². The van der Waals surface area contributed by atoms with Crippen LogP contribution in [0.15, 0.2) is 22.7 Å². The minimum atomic E-state index is -0.555. The van der Waals surface area contributed by atoms with Crippen molar-refractivity contribution in [3.05, 3.63) is 32.8 Å². The largest absolute Gasteiger partial charge is 0.444 e. The molecule has 0 radical (unpaired) electrons. The van der Waals surface area contributed by atoms with E-state index < -0.39 is 16.6 Å². The minimum Gasteiger partial charge on any atom is -0.444 e. The lowest BCUT2D eigenvalue weighted by Crippen LogP contribution is -2.35. The van der Waals surface area contributed by atoms with Crippen molar-refractivity contribution in [1.29, 1.82) is 0 Å². The second kappa shape index (κ2) is 7.26. The smallest absolute Gasteiger partial charge is 0.407 e. The molecule has 1 aromatic rings. The number of nitro benzene ring substituents is 1. The van der Waals surface area contributed by atoms with E-state index in [0.29, 0.717) is 23.2 Å². The molecule has 0 unspecified atom stereocenters. The summed E-state index contributed by atoms with van der Waals surface area (Å²) < 4.78 is 5.48. The number of nitrogens with one attached hydrogen (secondary N) is 2. The number of para-hydroxylation sites is 1. The molecule has 0 aromatic heterocycles. The molecule has 7 nitrogen and oxygen atoms in total. The van der Waals surface area contributed by atoms with Gasteiger partial charge in [0.15, 0.2) is 0 Å². The van der Waals surface area contributed by atoms with Crippen LogP contribution in [0.3, 0.4) is 0 Å². The molecule has 0 aliphatic rings. The first-order chi connectivity index (χ1) is 9.70. The average Bonchev–Trinajstić information content (AvgIpc) is 2.32. The second-order valence-corrected chi connectivity index (χ2v) is 6.10. The summed E-state index contributed by atoms with van der Waals surface area (Å²) in [4.78, 5) is 21.9. The van der Waals surface area contributed by atoms with Crippen molar-refractivity contribution in [1.82, 2.24) is 5.32 Å². The van der Waals surface area contributed by atoms with Crippen molar-refractivity contribution in [3.8, 4) is 0 Å². The molecule has 2 N–H and O–H groups in total. The number of rotatable bonds is 5. The van der Waals surface area contributed by atoms with E-state index in [0.717, 1.165) is 0 Å². The number of ether oxygens (including phenoxy) is 1. The summed E-state index contributed by atoms with van der Waals surface area (Å²) in [5.41, 5.74) is -0.198. The van der Waals surface area contributed by atoms with Gasteiger partial charge in [0.05, 0.1) is 9.40 Å². The number of halogens is 1. The zero-order valence-electron chi connectivity index (χ0n) is 12.1. The van der Waals surface area contributed by atoms with Crippen LogP contribution in [-0.2, 0) is 4.74 Å². The van der Waals surface area contributed by atoms with Crippen molar-refractivity contribution < 1.29 is 14.5 Å². The summed E-state index contributed by atoms with van der Waals surface area (Å²) in [6.07, 6.45) is -0.520. The molecular weight excluding hydrogens is 342 g/mol. The van der Waals surface area contributed by atoms with Gasteiger partial charge in [0.25, 0.3) is 0 Å². The lowest BCUT2D eigenvalue weighted by atomic mass is 10.2. The Hall–Kier alpha value is -1.83. The van der Waals surface area contributed by atoms with Gasteiger partial charge in [0, 0.05) is 13.1 Å². The zero-order chi connectivity index (χ0) is 16.0. The maximum Gasteiger partial charge on any atom is 0.407 e. The minimum absolute atomic E-state index is 0.0326. The standard InChI is InChI=1S/C13H18BrN3O4/c1-13(2,3)21-12(18)16-8-7-15-10-6-4-5-9(14)11(10)17(19)20/h4-6,15H,7-8H2,1-3H3,(H,16,18). The Morgan fingerprint density at radius 2 is 2.05 bits per heavy atom. The number of hydrogen-bond donors (Lipinski definition) is 2. The van der Waals surface area contributed by atoms with Gasteiger partial charge in [-0.3, -0.25) is 10.1 Å². The molecule has 0 aliphatic carbocycles. The number of carbonyl (C=O) groups is 1. The Bertz CT molecular complexity index is 529. The van der Waals surface area contributed by atoms with Crippen molar-refractivity contribution in [2.24, 2.45) is 0 Å². The zero-order valence-corrected chi connectivity index (χ0v) is 13.7. The van der Waals surface area contributed by atoms with Crippen LogP contribution in [0.25, 0.3) is 0 Å². The monoisotopic (exact) mass is 359 g/mol. The van der Waals surface area contributed by atoms with Gasteiger partial charge in [0.1, 0.15) is 11.3 Å². The van der Waals surface area contributed by atoms with Crippen LogP contribution in [0.4, 0.5) is 16.2 Å². The van der Waals surface area contributed by atoms with Crippen LogP contribution in [0, 0.1) is 10.1 Å². The third-order valence-corrected chi connectivity index (χ3v) is 2.92. The molecule has 0 fully saturated rings. The number of anilines is 1. The topological polar surface area (TPSA) is 93.5 Å². The average molecular weight is 360 g/mol. The van der Waals surface area contributed by atoms with Crippen molar-refractivity contribution in [2.45, 2.75) is 26.4 Å². The van der Waals surface area contributed by atoms with E-state index >= 15 is 0 Å². The Morgan fingerprint density at radius 1 is 1.38 bits per heavy atom. The first-order valence-corrected chi connectivity index (χ1v) is 7.13. The number of amides is 1. The molecular formula is C13H18BrN3O4. The first kappa shape index (κ1) is 17.2. The summed E-state index contributed by atoms with van der Waals surface area (Å²) >= 11 is 3.14. The Morgan fingerprint density at radius 3 is 2.62 bits per heavy atom. The van der Waals surface area contributed by atoms with Gasteiger partial charge in [-0.05, 0) is 48.8 Å². The summed E-state index contributed by atoms with van der Waals surface area (Å²) in [6, 6.07) is 4.90. The lowest BCUT2D eigenvalue weighted by molar-refractivity contribution is -0.384. The summed E-state index contributed by atoms with van der Waals surface area (Å²) in [5, 5.41) is 16.5. The normalized spacial score (nSPS) is 10.9. The molecule has 1 amide bonds. The maximum absolute atomic E-state index is 11.4. The van der Waals surface area contributed by atoms with E-state index in [4.69, 9.17) is 4.74 Å². The molecule has 0 bridgehead atoms. The molecule has 0 spiro atoms. The second-order valence-electron chi connectivity index (χ2n) is 5.25. The Labute approximate surface area is 131 Å². The molecule has 0 heterocycles. The van der Waals surface area contributed by atoms with Gasteiger partial charge in [-0.25, -0.2) is 4.79 Å². The highest BCUT2D eigenvalue weighted by molar-refractivity contribution is 9.10. The quantitative estimate of drug-likeness (QED) is 0.477. The van der Waals surface area contributed by atoms with Crippen LogP contribution in [0.1, 0.15) is 20.8 Å². The highest BCUT2D eigenvalue weighted by atomic mass is 79.9. The molecule has 0 atom stereocenters. The number of nitro groups is 1. The van der Waals surface area contributed by atoms with E-state index in [1.165, 1.54) is 0 Å². The summed E-state index contributed by atoms with van der Waals surface area (Å²) in [7, 11) is 0. The fourth-order valence-corrected chi connectivity index (χ4v) is 2.03. The van der Waals surface area contributed by atoms with E-state index in [1.807, 2.05) is 0 Å². The van der Waals surface area contributed by atoms with Gasteiger partial charge in [-0.2, -0.15) is 0 Å². The summed E-state index contributed by atoms with van der Waals surface area (Å²) in [6.45, 7) is 5.95. The molecule has 0 saturated heterocycles. The van der Waals surface area contributed by atoms with Crippen molar-refractivity contribution >= 4 is 33.4 Å². The van der Waals surface area contributed by atoms with Crippen LogP contribution in [-0.4, -0.2) is 29.7 Å². The molecule has 116 valence electrons. The van der Waals surface area contributed by atoms with Crippen LogP contribution in [0.5, 0.6) is 0 Å². The highest BCUT2D eigenvalue weighted by Gasteiger charge is 2.18. The Balaban J connectivity index is 2.49. The van der Waals surface area contributed by atoms with Gasteiger partial charge in [-0.15, -0.1) is 0 Å². The van der Waals surface area contributed by atoms with Crippen LogP contribution < -0.4 is 10.6 Å². The Kier molecular flexibility index (Phi) is 5.95. The van der Waals surface area contributed by atoms with E-state index in [2.05, 4.69) is 26.6 Å². The molecule has 21 heavy (non-hydrogen) atoms. The highest BCUT2D eigenvalue weighted by Crippen LogP contribution is 2.32. The first-order valence-electron chi connectivity index (χ1n) is 6.34. The van der Waals surface area contributed by atoms with Gasteiger partial charge >= 0.3 is 11.8 Å². The number of hydrogen-bond acceptors (Lipinski definition) is 5. The summed E-state index contributed by atoms with van der Waals surface area (Å²) in [5.74, 6) is 0. The van der Waals surface area contributed by atoms with Gasteiger partial charge < -0.3 is 15.4 Å². The molecule has 0 aliphatic heterocycles. The number of carbonyl (C=O) groups excluding carboxylic acids is 1. The van der Waals surface area contributed by atoms with Crippen molar-refractivity contribution in [3.63, 3.8) is 0 Å². The third-order valence-electron chi connectivity index (χ3n) is 2.28.